The average Bonchev–Trinajstić information content (AvgIpc) is 3.04. The second-order valence-electron chi connectivity index (χ2n) is 13.6. The van der Waals surface area contributed by atoms with Crippen LogP contribution in [-0.2, 0) is 46.5 Å². The van der Waals surface area contributed by atoms with Gasteiger partial charge < -0.3 is 50.0 Å². The zero-order valence-electron chi connectivity index (χ0n) is 32.5. The molecule has 4 unspecified atom stereocenters. The predicted molar refractivity (Wildman–Crippen MR) is 228 cm³/mol. The molecule has 16 nitrogen and oxygen atoms in total. The van der Waals surface area contributed by atoms with Crippen molar-refractivity contribution in [2.24, 2.45) is 17.4 Å². The van der Waals surface area contributed by atoms with E-state index in [-0.39, 0.29) is 66.6 Å². The molecule has 0 fully saturated rings. The number of aliphatic carboxylic acids is 2. The van der Waals surface area contributed by atoms with Gasteiger partial charge in [0.05, 0.1) is 6.42 Å². The molecule has 0 saturated carbocycles. The van der Waals surface area contributed by atoms with E-state index in [0.29, 0.717) is 39.0 Å². The Bertz CT molecular complexity index is 1040. The van der Waals surface area contributed by atoms with Gasteiger partial charge in [-0.3, -0.25) is 14.4 Å². The molecule has 0 aliphatic rings. The lowest BCUT2D eigenvalue weighted by Crippen LogP contribution is -2.49. The Kier molecular flexibility index (Phi) is 45.7. The number of hydrogen-bond donors (Lipinski definition) is 6. The van der Waals surface area contributed by atoms with Crippen LogP contribution in [0, 0.1) is 5.92 Å². The maximum atomic E-state index is 12.5. The molecule has 4 atom stereocenters. The summed E-state index contributed by atoms with van der Waals surface area (Å²) >= 11 is 0. The van der Waals surface area contributed by atoms with Crippen molar-refractivity contribution in [1.29, 1.82) is 0 Å². The number of hydrogen-bond acceptors (Lipinski definition) is 12. The smallest absolute Gasteiger partial charge is 0.373 e. The highest BCUT2D eigenvalue weighted by Gasteiger charge is 2.40. The number of carbonyl (C=O) groups is 4. The Morgan fingerprint density at radius 3 is 1.71 bits per heavy atom. The van der Waals surface area contributed by atoms with Gasteiger partial charge in [-0.2, -0.15) is 9.59 Å². The maximum Gasteiger partial charge on any atom is 0.373 e. The molecule has 0 bridgehead atoms. The second-order valence-corrected chi connectivity index (χ2v) is 26.2. The number of ether oxygens (including phenoxy) is 1. The van der Waals surface area contributed by atoms with Crippen molar-refractivity contribution >= 4 is 55.1 Å². The Hall–Kier alpha value is -2.33. The standard InChI is InChI=1S/C18H42N4O4Si2.C13H26O6Si.CO2.4CH4/c1-6-13-28(25-2,26-27(3,4)5)14-7-8-16(18(24)22-12-10-20)15-17(23)21-11-9-19;1-5-8-20(4,18-3)9-6-7-19-13(2,12(16)17)10-11(14)15;2-1-3;;;;/h16H,6-15,19-20H2,1-5H3,(H,21,23)(H,22,24);5-10H2,1-4H3,(H,14,15)(H,16,17);;4*1H4. The van der Waals surface area contributed by atoms with Gasteiger partial charge in [0, 0.05) is 59.3 Å². The van der Waals surface area contributed by atoms with Gasteiger partial charge >= 0.3 is 26.7 Å². The van der Waals surface area contributed by atoms with Gasteiger partial charge in [-0.25, -0.2) is 4.79 Å². The molecular formula is C36H84N4O12Si3. The SMILES string of the molecule is C.C.C.C.CCC[Si](C)(CCCOC(C)(CC(=O)O)C(=O)O)OC.CCC[Si](CCCC(CC(=O)NCCN)C(=O)NCCN)(OC)O[Si](C)(C)C.O=C=O. The summed E-state index contributed by atoms with van der Waals surface area (Å²) < 4.78 is 23.3. The van der Waals surface area contributed by atoms with E-state index in [9.17, 15) is 19.2 Å². The van der Waals surface area contributed by atoms with Crippen LogP contribution in [0.15, 0.2) is 0 Å². The van der Waals surface area contributed by atoms with Gasteiger partial charge in [0.2, 0.25) is 11.8 Å². The molecule has 8 N–H and O–H groups in total. The number of rotatable bonds is 27. The maximum absolute atomic E-state index is 12.5. The van der Waals surface area contributed by atoms with E-state index in [1.54, 1.807) is 14.2 Å². The monoisotopic (exact) mass is 849 g/mol. The number of carbonyl (C=O) groups excluding carboxylic acids is 4. The Morgan fingerprint density at radius 2 is 1.31 bits per heavy atom. The highest BCUT2D eigenvalue weighted by molar-refractivity contribution is 6.82. The van der Waals surface area contributed by atoms with Crippen LogP contribution < -0.4 is 22.1 Å². The summed E-state index contributed by atoms with van der Waals surface area (Å²) in [6.07, 6.45) is 4.00. The first kappa shape index (κ1) is 67.4. The zero-order valence-corrected chi connectivity index (χ0v) is 35.5. The summed E-state index contributed by atoms with van der Waals surface area (Å²) in [5.41, 5.74) is 9.24. The van der Waals surface area contributed by atoms with Crippen LogP contribution in [0.5, 0.6) is 0 Å². The van der Waals surface area contributed by atoms with Gasteiger partial charge in [0.25, 0.3) is 0 Å². The number of amides is 2. The highest BCUT2D eigenvalue weighted by Crippen LogP contribution is 2.28. The van der Waals surface area contributed by atoms with Crippen LogP contribution in [0.25, 0.3) is 0 Å². The minimum atomic E-state index is -2.30. The molecule has 0 aliphatic carbocycles. The first-order chi connectivity index (χ1) is 23.7. The Labute approximate surface area is 337 Å². The van der Waals surface area contributed by atoms with Crippen molar-refractivity contribution in [1.82, 2.24) is 10.6 Å². The molecule has 0 aromatic carbocycles. The van der Waals surface area contributed by atoms with E-state index in [1.165, 1.54) is 6.92 Å². The summed E-state index contributed by atoms with van der Waals surface area (Å²) in [4.78, 5) is 62.6. The quantitative estimate of drug-likeness (QED) is 0.0436. The number of carboxylic acid groups (broad SMARTS) is 2. The van der Waals surface area contributed by atoms with E-state index < -0.39 is 49.2 Å². The lowest BCUT2D eigenvalue weighted by molar-refractivity contribution is -0.191. The van der Waals surface area contributed by atoms with Gasteiger partial charge in [0.1, 0.15) is 0 Å². The predicted octanol–water partition coefficient (Wildman–Crippen LogP) is 5.58. The van der Waals surface area contributed by atoms with E-state index in [2.05, 4.69) is 50.7 Å². The normalized spacial score (nSPS) is 14.0. The fourth-order valence-corrected chi connectivity index (χ4v) is 15.7. The van der Waals surface area contributed by atoms with Crippen molar-refractivity contribution in [3.05, 3.63) is 0 Å². The molecule has 332 valence electrons. The molecule has 2 amide bonds. The first-order valence-corrected chi connectivity index (χ1v) is 26.0. The molecule has 55 heavy (non-hydrogen) atoms. The third kappa shape index (κ3) is 34.6. The summed E-state index contributed by atoms with van der Waals surface area (Å²) in [7, 11) is -2.30. The number of nitrogens with two attached hydrogens (primary N) is 2. The van der Waals surface area contributed by atoms with Gasteiger partial charge in [0.15, 0.2) is 22.2 Å². The van der Waals surface area contributed by atoms with Gasteiger partial charge in [-0.15, -0.1) is 0 Å². The zero-order chi connectivity index (χ0) is 40.2. The highest BCUT2D eigenvalue weighted by atomic mass is 28.4. The van der Waals surface area contributed by atoms with Crippen LogP contribution >= 0.6 is 0 Å². The molecule has 0 radical (unpaired) electrons. The van der Waals surface area contributed by atoms with Crippen molar-refractivity contribution in [3.8, 4) is 0 Å². The van der Waals surface area contributed by atoms with Crippen LogP contribution in [0.4, 0.5) is 0 Å². The molecular weight excluding hydrogens is 765 g/mol. The largest absolute Gasteiger partial charge is 0.481 e. The fraction of sp³-hybridized carbons (Fsp3) is 0.861. The van der Waals surface area contributed by atoms with Crippen molar-refractivity contribution in [2.45, 2.75) is 151 Å². The lowest BCUT2D eigenvalue weighted by atomic mass is 9.98. The Morgan fingerprint density at radius 1 is 0.800 bits per heavy atom. The van der Waals surface area contributed by atoms with E-state index in [0.717, 1.165) is 43.4 Å². The lowest BCUT2D eigenvalue weighted by Gasteiger charge is -2.35. The summed E-state index contributed by atoms with van der Waals surface area (Å²) in [6, 6.07) is 3.69. The first-order valence-electron chi connectivity index (χ1n) is 17.6. The van der Waals surface area contributed by atoms with E-state index >= 15 is 0 Å². The number of carboxylic acids is 2. The Balaban J connectivity index is -0.000000152. The molecule has 0 aliphatic heterocycles. The second kappa shape index (κ2) is 37.3. The van der Waals surface area contributed by atoms with Crippen LogP contribution in [0.2, 0.25) is 50.4 Å². The molecule has 0 saturated heterocycles. The molecule has 0 rings (SSSR count). The molecule has 0 aromatic rings. The minimum Gasteiger partial charge on any atom is -0.481 e. The third-order valence-electron chi connectivity index (χ3n) is 7.80. The third-order valence-corrected chi connectivity index (χ3v) is 18.8. The van der Waals surface area contributed by atoms with Crippen LogP contribution in [0.1, 0.15) is 95.4 Å². The van der Waals surface area contributed by atoms with Crippen molar-refractivity contribution in [3.63, 3.8) is 0 Å². The van der Waals surface area contributed by atoms with E-state index in [4.69, 9.17) is 49.0 Å². The van der Waals surface area contributed by atoms with Gasteiger partial charge in [-0.05, 0) is 70.1 Å². The molecule has 0 aromatic heterocycles. The average molecular weight is 849 g/mol. The van der Waals surface area contributed by atoms with Crippen molar-refractivity contribution < 1.29 is 56.7 Å². The molecule has 0 heterocycles. The summed E-state index contributed by atoms with van der Waals surface area (Å²) in [5, 5.41) is 23.3. The minimum absolute atomic E-state index is 0. The van der Waals surface area contributed by atoms with Crippen LogP contribution in [-0.4, -0.2) is 118 Å². The van der Waals surface area contributed by atoms with Gasteiger partial charge in [-0.1, -0.05) is 62.8 Å². The van der Waals surface area contributed by atoms with E-state index in [1.807, 2.05) is 0 Å². The topological polar surface area (TPSA) is 256 Å². The van der Waals surface area contributed by atoms with Crippen LogP contribution in [0.3, 0.4) is 0 Å². The molecule has 19 heteroatoms. The number of nitrogens with one attached hydrogen (secondary N) is 2. The van der Waals surface area contributed by atoms with Crippen molar-refractivity contribution in [2.75, 3.05) is 47.0 Å². The summed E-state index contributed by atoms with van der Waals surface area (Å²) in [5.74, 6) is -3.10. The molecule has 0 spiro atoms. The summed E-state index contributed by atoms with van der Waals surface area (Å²) in [6.45, 7) is 16.0. The fourth-order valence-electron chi connectivity index (χ4n) is 5.28.